The highest BCUT2D eigenvalue weighted by Gasteiger charge is 2.27. The monoisotopic (exact) mass is 467 g/mol. The van der Waals surface area contributed by atoms with Crippen molar-refractivity contribution >= 4 is 23.1 Å². The number of hydrogen-bond acceptors (Lipinski definition) is 8. The van der Waals surface area contributed by atoms with Crippen LogP contribution in [0, 0.1) is 0 Å². The predicted molar refractivity (Wildman–Crippen MR) is 129 cm³/mol. The van der Waals surface area contributed by atoms with E-state index in [-0.39, 0.29) is 18.0 Å². The van der Waals surface area contributed by atoms with Crippen LogP contribution in [0.25, 0.3) is 0 Å². The first-order valence-corrected chi connectivity index (χ1v) is 11.8. The second-order valence-corrected chi connectivity index (χ2v) is 8.88. The minimum absolute atomic E-state index is 0.0134. The van der Waals surface area contributed by atoms with Crippen molar-refractivity contribution in [3.63, 3.8) is 0 Å². The van der Waals surface area contributed by atoms with Crippen molar-refractivity contribution in [2.45, 2.75) is 19.1 Å². The van der Waals surface area contributed by atoms with Crippen LogP contribution >= 0.6 is 11.3 Å². The molecule has 3 aromatic rings. The van der Waals surface area contributed by atoms with E-state index in [0.717, 1.165) is 24.3 Å². The highest BCUT2D eigenvalue weighted by atomic mass is 32.1. The van der Waals surface area contributed by atoms with Gasteiger partial charge in [0.15, 0.2) is 0 Å². The van der Waals surface area contributed by atoms with Gasteiger partial charge in [0.2, 0.25) is 0 Å². The quantitative estimate of drug-likeness (QED) is 0.517. The molecule has 8 nitrogen and oxygen atoms in total. The van der Waals surface area contributed by atoms with Gasteiger partial charge in [0, 0.05) is 44.2 Å². The minimum atomic E-state index is -0.0813. The molecule has 1 aliphatic rings. The maximum absolute atomic E-state index is 13.2. The molecule has 9 heteroatoms. The van der Waals surface area contributed by atoms with Gasteiger partial charge < -0.3 is 24.6 Å². The van der Waals surface area contributed by atoms with Crippen molar-refractivity contribution in [1.29, 1.82) is 0 Å². The molecule has 2 aromatic heterocycles. The lowest BCUT2D eigenvalue weighted by Gasteiger charge is -2.22. The topological polar surface area (TPSA) is 79.8 Å². The van der Waals surface area contributed by atoms with Gasteiger partial charge in [-0.3, -0.25) is 4.79 Å². The Morgan fingerprint density at radius 2 is 2.03 bits per heavy atom. The number of amides is 1. The van der Waals surface area contributed by atoms with E-state index in [1.165, 1.54) is 12.0 Å². The SMILES string of the molecule is CNCC[C@H](Oc1ccc(CN2CCN(C)c3nc(OC)ncc3C2=O)cc1)c1cccs1. The summed E-state index contributed by atoms with van der Waals surface area (Å²) in [5, 5.41) is 5.27. The van der Waals surface area contributed by atoms with Crippen LogP contribution in [-0.2, 0) is 6.54 Å². The van der Waals surface area contributed by atoms with Crippen molar-refractivity contribution < 1.29 is 14.3 Å². The molecular formula is C24H29N5O3S. The summed E-state index contributed by atoms with van der Waals surface area (Å²) in [6.45, 7) is 2.65. The van der Waals surface area contributed by atoms with Crippen LogP contribution in [0.3, 0.4) is 0 Å². The number of fused-ring (bicyclic) bond motifs is 1. The third-order valence-electron chi connectivity index (χ3n) is 5.61. The molecule has 1 aromatic carbocycles. The fourth-order valence-electron chi connectivity index (χ4n) is 3.76. The molecule has 3 heterocycles. The van der Waals surface area contributed by atoms with Crippen LogP contribution in [-0.4, -0.2) is 61.6 Å². The number of anilines is 1. The van der Waals surface area contributed by atoms with Gasteiger partial charge in [-0.15, -0.1) is 11.3 Å². The molecule has 0 saturated heterocycles. The van der Waals surface area contributed by atoms with E-state index in [1.54, 1.807) is 17.5 Å². The van der Waals surface area contributed by atoms with Crippen molar-refractivity contribution in [2.24, 2.45) is 0 Å². The van der Waals surface area contributed by atoms with E-state index in [1.807, 2.05) is 54.2 Å². The summed E-state index contributed by atoms with van der Waals surface area (Å²) >= 11 is 1.71. The lowest BCUT2D eigenvalue weighted by Crippen LogP contribution is -2.33. The van der Waals surface area contributed by atoms with E-state index in [2.05, 4.69) is 26.7 Å². The molecule has 4 rings (SSSR count). The van der Waals surface area contributed by atoms with Gasteiger partial charge in [-0.1, -0.05) is 18.2 Å². The summed E-state index contributed by atoms with van der Waals surface area (Å²) in [4.78, 5) is 26.7. The van der Waals surface area contributed by atoms with Crippen LogP contribution in [0.2, 0.25) is 0 Å². The standard InChI is InChI=1S/C24H29N5O3S/c1-25-11-10-20(21-5-4-14-33-21)32-18-8-6-17(7-9-18)16-29-13-12-28(2)22-19(23(29)30)15-26-24(27-22)31-3/h4-9,14-15,20,25H,10-13,16H2,1-3H3/t20-/m0/s1. The Morgan fingerprint density at radius 1 is 1.21 bits per heavy atom. The number of carbonyl (C=O) groups is 1. The van der Waals surface area contributed by atoms with Crippen molar-refractivity contribution in [2.75, 3.05) is 45.7 Å². The number of benzene rings is 1. The number of hydrogen-bond donors (Lipinski definition) is 1. The lowest BCUT2D eigenvalue weighted by molar-refractivity contribution is 0.0754. The summed E-state index contributed by atoms with van der Waals surface area (Å²) in [7, 11) is 5.39. The number of likely N-dealkylation sites (N-methyl/N-ethyl adjacent to an activating group) is 1. The first kappa shape index (κ1) is 23.0. The fraction of sp³-hybridized carbons (Fsp3) is 0.375. The Bertz CT molecular complexity index is 1060. The van der Waals surface area contributed by atoms with Crippen molar-refractivity contribution in [1.82, 2.24) is 20.2 Å². The molecule has 0 saturated carbocycles. The Morgan fingerprint density at radius 3 is 2.73 bits per heavy atom. The summed E-state index contributed by atoms with van der Waals surface area (Å²) in [6.07, 6.45) is 2.45. The van der Waals surface area contributed by atoms with E-state index >= 15 is 0 Å². The molecule has 1 aliphatic heterocycles. The number of ether oxygens (including phenoxy) is 2. The number of thiophene rings is 1. The molecule has 174 valence electrons. The largest absolute Gasteiger partial charge is 0.485 e. The second-order valence-electron chi connectivity index (χ2n) is 7.90. The number of nitrogens with one attached hydrogen (secondary N) is 1. The smallest absolute Gasteiger partial charge is 0.318 e. The third-order valence-corrected chi connectivity index (χ3v) is 6.57. The highest BCUT2D eigenvalue weighted by molar-refractivity contribution is 7.10. The second kappa shape index (κ2) is 10.6. The average molecular weight is 468 g/mol. The Labute approximate surface area is 198 Å². The number of carbonyl (C=O) groups excluding carboxylic acids is 1. The normalized spacial score (nSPS) is 14.6. The van der Waals surface area contributed by atoms with Gasteiger partial charge >= 0.3 is 6.01 Å². The van der Waals surface area contributed by atoms with Crippen LogP contribution < -0.4 is 19.7 Å². The van der Waals surface area contributed by atoms with Crippen molar-refractivity contribution in [3.05, 3.63) is 64.0 Å². The molecule has 1 atom stereocenters. The van der Waals surface area contributed by atoms with E-state index in [4.69, 9.17) is 9.47 Å². The Balaban J connectivity index is 1.45. The summed E-state index contributed by atoms with van der Waals surface area (Å²) in [5.74, 6) is 1.34. The number of rotatable bonds is 9. The zero-order valence-corrected chi connectivity index (χ0v) is 20.0. The average Bonchev–Trinajstić information content (AvgIpc) is 3.35. The molecule has 33 heavy (non-hydrogen) atoms. The number of aromatic nitrogens is 2. The van der Waals surface area contributed by atoms with E-state index in [9.17, 15) is 4.79 Å². The van der Waals surface area contributed by atoms with Gasteiger partial charge in [-0.25, -0.2) is 4.98 Å². The first-order chi connectivity index (χ1) is 16.1. The maximum atomic E-state index is 13.2. The van der Waals surface area contributed by atoms with E-state index < -0.39 is 0 Å². The molecule has 0 unspecified atom stereocenters. The van der Waals surface area contributed by atoms with Gasteiger partial charge in [0.1, 0.15) is 23.2 Å². The summed E-state index contributed by atoms with van der Waals surface area (Å²) in [6, 6.07) is 12.4. The number of methoxy groups -OCH3 is 1. The number of nitrogens with zero attached hydrogens (tertiary/aromatic N) is 4. The van der Waals surface area contributed by atoms with Crippen LogP contribution in [0.5, 0.6) is 11.8 Å². The summed E-state index contributed by atoms with van der Waals surface area (Å²) in [5.41, 5.74) is 1.53. The fourth-order valence-corrected chi connectivity index (χ4v) is 4.55. The molecule has 1 amide bonds. The molecule has 0 radical (unpaired) electrons. The van der Waals surface area contributed by atoms with Gasteiger partial charge in [-0.2, -0.15) is 4.98 Å². The van der Waals surface area contributed by atoms with Gasteiger partial charge in [0.05, 0.1) is 7.11 Å². The van der Waals surface area contributed by atoms with Crippen LogP contribution in [0.15, 0.2) is 48.0 Å². The summed E-state index contributed by atoms with van der Waals surface area (Å²) < 4.78 is 11.4. The zero-order valence-electron chi connectivity index (χ0n) is 19.2. The predicted octanol–water partition coefficient (Wildman–Crippen LogP) is 3.37. The molecule has 0 spiro atoms. The maximum Gasteiger partial charge on any atom is 0.318 e. The van der Waals surface area contributed by atoms with Crippen LogP contribution in [0.1, 0.15) is 33.3 Å². The van der Waals surface area contributed by atoms with Gasteiger partial charge in [-0.05, 0) is 42.7 Å². The zero-order chi connectivity index (χ0) is 23.2. The highest BCUT2D eigenvalue weighted by Crippen LogP contribution is 2.29. The molecule has 0 bridgehead atoms. The molecular weight excluding hydrogens is 438 g/mol. The first-order valence-electron chi connectivity index (χ1n) is 10.9. The molecule has 1 N–H and O–H groups in total. The van der Waals surface area contributed by atoms with Gasteiger partial charge in [0.25, 0.3) is 5.91 Å². The Hall–Kier alpha value is -3.17. The lowest BCUT2D eigenvalue weighted by atomic mass is 10.1. The Kier molecular flexibility index (Phi) is 7.41. The minimum Gasteiger partial charge on any atom is -0.485 e. The molecule has 0 aliphatic carbocycles. The van der Waals surface area contributed by atoms with Crippen molar-refractivity contribution in [3.8, 4) is 11.8 Å². The third kappa shape index (κ3) is 5.43. The van der Waals surface area contributed by atoms with Crippen LogP contribution in [0.4, 0.5) is 5.82 Å². The van der Waals surface area contributed by atoms with E-state index in [0.29, 0.717) is 31.0 Å². The molecule has 0 fully saturated rings.